The van der Waals surface area contributed by atoms with E-state index in [1.807, 2.05) is 0 Å². The van der Waals surface area contributed by atoms with Crippen LogP contribution in [-0.4, -0.2) is 39.4 Å². The number of aliphatic hydroxyl groups is 1. The van der Waals surface area contributed by atoms with Crippen molar-refractivity contribution < 1.29 is 33.0 Å². The number of hydrogen-bond donors (Lipinski definition) is 3. The molecule has 0 atom stereocenters. The number of carbonyl (C=O) groups excluding carboxylic acids is 1. The van der Waals surface area contributed by atoms with E-state index in [0.29, 0.717) is 12.8 Å². The van der Waals surface area contributed by atoms with Crippen molar-refractivity contribution in [2.24, 2.45) is 5.92 Å². The van der Waals surface area contributed by atoms with Crippen LogP contribution < -0.4 is 5.32 Å². The molecule has 3 N–H and O–H groups in total. The molecule has 0 bridgehead atoms. The van der Waals surface area contributed by atoms with E-state index in [1.165, 1.54) is 0 Å². The summed E-state index contributed by atoms with van der Waals surface area (Å²) in [6, 6.07) is 0. The van der Waals surface area contributed by atoms with Crippen LogP contribution in [0.4, 0.5) is 13.2 Å². The maximum atomic E-state index is 12.4. The SMILES string of the molecule is O=C(NC1(C(=O)O)CC(O)(C(F)(F)F)C1)C1CC1. The molecule has 0 aromatic heterocycles. The third-order valence-electron chi connectivity index (χ3n) is 3.44. The fourth-order valence-electron chi connectivity index (χ4n) is 2.12. The Labute approximate surface area is 100.0 Å². The Hall–Kier alpha value is -1.31. The molecule has 0 heterocycles. The number of amides is 1. The van der Waals surface area contributed by atoms with Gasteiger partial charge < -0.3 is 15.5 Å². The smallest absolute Gasteiger partial charge is 0.417 e. The number of hydrogen-bond acceptors (Lipinski definition) is 3. The summed E-state index contributed by atoms with van der Waals surface area (Å²) >= 11 is 0. The number of carbonyl (C=O) groups is 2. The van der Waals surface area contributed by atoms with Crippen molar-refractivity contribution >= 4 is 11.9 Å². The first-order chi connectivity index (χ1) is 8.10. The average molecular weight is 267 g/mol. The van der Waals surface area contributed by atoms with Gasteiger partial charge in [-0.15, -0.1) is 0 Å². The summed E-state index contributed by atoms with van der Waals surface area (Å²) in [5.74, 6) is -2.41. The molecule has 0 aromatic carbocycles. The summed E-state index contributed by atoms with van der Waals surface area (Å²) < 4.78 is 37.3. The van der Waals surface area contributed by atoms with Crippen LogP contribution >= 0.6 is 0 Å². The summed E-state index contributed by atoms with van der Waals surface area (Å²) in [7, 11) is 0. The normalized spacial score (nSPS) is 35.8. The van der Waals surface area contributed by atoms with Crippen molar-refractivity contribution in [2.75, 3.05) is 0 Å². The average Bonchev–Trinajstić information content (AvgIpc) is 2.94. The van der Waals surface area contributed by atoms with Crippen molar-refractivity contribution in [3.05, 3.63) is 0 Å². The maximum absolute atomic E-state index is 12.4. The summed E-state index contributed by atoms with van der Waals surface area (Å²) in [6.45, 7) is 0. The molecule has 102 valence electrons. The van der Waals surface area contributed by atoms with Gasteiger partial charge >= 0.3 is 12.1 Å². The minimum atomic E-state index is -4.89. The third kappa shape index (κ3) is 1.94. The minimum absolute atomic E-state index is 0.305. The zero-order valence-electron chi connectivity index (χ0n) is 9.25. The lowest BCUT2D eigenvalue weighted by molar-refractivity contribution is -0.303. The summed E-state index contributed by atoms with van der Waals surface area (Å²) in [6.07, 6.45) is -5.75. The molecular weight excluding hydrogens is 255 g/mol. The van der Waals surface area contributed by atoms with Crippen LogP contribution in [0.1, 0.15) is 25.7 Å². The quantitative estimate of drug-likeness (QED) is 0.691. The Bertz CT molecular complexity index is 396. The van der Waals surface area contributed by atoms with Gasteiger partial charge in [0.05, 0.1) is 0 Å². The third-order valence-corrected chi connectivity index (χ3v) is 3.44. The molecule has 2 aliphatic rings. The van der Waals surface area contributed by atoms with E-state index in [0.717, 1.165) is 0 Å². The van der Waals surface area contributed by atoms with Gasteiger partial charge in [-0.25, -0.2) is 4.79 Å². The fourth-order valence-corrected chi connectivity index (χ4v) is 2.12. The fraction of sp³-hybridized carbons (Fsp3) is 0.800. The zero-order chi connectivity index (χ0) is 13.8. The molecule has 0 saturated heterocycles. The second kappa shape index (κ2) is 3.59. The maximum Gasteiger partial charge on any atom is 0.417 e. The highest BCUT2D eigenvalue weighted by Crippen LogP contribution is 2.51. The first-order valence-corrected chi connectivity index (χ1v) is 5.44. The molecule has 0 radical (unpaired) electrons. The molecule has 0 unspecified atom stereocenters. The summed E-state index contributed by atoms with van der Waals surface area (Å²) in [4.78, 5) is 22.4. The van der Waals surface area contributed by atoms with Crippen molar-refractivity contribution in [3.63, 3.8) is 0 Å². The topological polar surface area (TPSA) is 86.6 Å². The number of carboxylic acid groups (broad SMARTS) is 1. The number of halogens is 3. The molecule has 2 fully saturated rings. The van der Waals surface area contributed by atoms with Crippen LogP contribution in [0, 0.1) is 5.92 Å². The van der Waals surface area contributed by atoms with Crippen molar-refractivity contribution in [1.29, 1.82) is 0 Å². The van der Waals surface area contributed by atoms with Crippen LogP contribution in [-0.2, 0) is 9.59 Å². The van der Waals surface area contributed by atoms with E-state index in [4.69, 9.17) is 5.11 Å². The molecule has 18 heavy (non-hydrogen) atoms. The van der Waals surface area contributed by atoms with Gasteiger partial charge in [0.1, 0.15) is 5.54 Å². The highest BCUT2D eigenvalue weighted by atomic mass is 19.4. The van der Waals surface area contributed by atoms with E-state index in [2.05, 4.69) is 5.32 Å². The highest BCUT2D eigenvalue weighted by Gasteiger charge is 2.70. The lowest BCUT2D eigenvalue weighted by Gasteiger charge is -2.50. The Morgan fingerprint density at radius 2 is 1.72 bits per heavy atom. The molecule has 0 spiro atoms. The number of alkyl halides is 3. The lowest BCUT2D eigenvalue weighted by Crippen LogP contribution is -2.73. The van der Waals surface area contributed by atoms with Gasteiger partial charge in [0.2, 0.25) is 5.91 Å². The van der Waals surface area contributed by atoms with Gasteiger partial charge in [0, 0.05) is 18.8 Å². The molecule has 2 rings (SSSR count). The van der Waals surface area contributed by atoms with E-state index in [9.17, 15) is 27.9 Å². The molecule has 0 aromatic rings. The van der Waals surface area contributed by atoms with Gasteiger partial charge in [-0.1, -0.05) is 0 Å². The molecule has 2 saturated carbocycles. The molecule has 8 heteroatoms. The monoisotopic (exact) mass is 267 g/mol. The van der Waals surface area contributed by atoms with Crippen molar-refractivity contribution in [2.45, 2.75) is 43.0 Å². The largest absolute Gasteiger partial charge is 0.480 e. The summed E-state index contributed by atoms with van der Waals surface area (Å²) in [5, 5.41) is 20.3. The van der Waals surface area contributed by atoms with E-state index < -0.39 is 42.0 Å². The Morgan fingerprint density at radius 3 is 2.06 bits per heavy atom. The van der Waals surface area contributed by atoms with Gasteiger partial charge in [-0.2, -0.15) is 13.2 Å². The van der Waals surface area contributed by atoms with E-state index in [-0.39, 0.29) is 5.92 Å². The second-order valence-electron chi connectivity index (χ2n) is 5.03. The molecule has 0 aliphatic heterocycles. The van der Waals surface area contributed by atoms with Crippen LogP contribution in [0.3, 0.4) is 0 Å². The number of rotatable bonds is 3. The zero-order valence-corrected chi connectivity index (χ0v) is 9.25. The predicted molar refractivity (Wildman–Crippen MR) is 51.5 cm³/mol. The molecule has 5 nitrogen and oxygen atoms in total. The molecule has 1 amide bonds. The lowest BCUT2D eigenvalue weighted by atomic mass is 9.64. The van der Waals surface area contributed by atoms with Gasteiger partial charge in [-0.05, 0) is 12.8 Å². The Kier molecular flexibility index (Phi) is 2.62. The second-order valence-corrected chi connectivity index (χ2v) is 5.03. The standard InChI is InChI=1S/C10H12F3NO4/c11-10(12,13)9(18)3-8(4-9,7(16)17)14-6(15)5-1-2-5/h5,18H,1-4H2,(H,14,15)(H,16,17). The van der Waals surface area contributed by atoms with Gasteiger partial charge in [0.25, 0.3) is 0 Å². The van der Waals surface area contributed by atoms with E-state index >= 15 is 0 Å². The van der Waals surface area contributed by atoms with E-state index in [1.54, 1.807) is 0 Å². The Balaban J connectivity index is 2.08. The van der Waals surface area contributed by atoms with Crippen LogP contribution in [0.15, 0.2) is 0 Å². The molecular formula is C10H12F3NO4. The summed E-state index contributed by atoms with van der Waals surface area (Å²) in [5.41, 5.74) is -5.02. The van der Waals surface area contributed by atoms with Gasteiger partial charge in [-0.3, -0.25) is 4.79 Å². The van der Waals surface area contributed by atoms with Crippen LogP contribution in [0.2, 0.25) is 0 Å². The number of carboxylic acids is 1. The van der Waals surface area contributed by atoms with Crippen molar-refractivity contribution in [3.8, 4) is 0 Å². The first-order valence-electron chi connectivity index (χ1n) is 5.44. The van der Waals surface area contributed by atoms with Crippen LogP contribution in [0.25, 0.3) is 0 Å². The number of aliphatic carboxylic acids is 1. The number of nitrogens with one attached hydrogen (secondary N) is 1. The van der Waals surface area contributed by atoms with Gasteiger partial charge in [0.15, 0.2) is 5.60 Å². The Morgan fingerprint density at radius 1 is 1.22 bits per heavy atom. The van der Waals surface area contributed by atoms with Crippen LogP contribution in [0.5, 0.6) is 0 Å². The highest BCUT2D eigenvalue weighted by molar-refractivity contribution is 5.90. The van der Waals surface area contributed by atoms with Crippen molar-refractivity contribution in [1.82, 2.24) is 5.32 Å². The first kappa shape index (κ1) is 13.1. The molecule has 2 aliphatic carbocycles. The minimum Gasteiger partial charge on any atom is -0.480 e. The predicted octanol–water partition coefficient (Wildman–Crippen LogP) is 0.423.